The van der Waals surface area contributed by atoms with E-state index in [4.69, 9.17) is 8.83 Å². The smallest absolute Gasteiger partial charge is 0.143 e. The van der Waals surface area contributed by atoms with Gasteiger partial charge >= 0.3 is 0 Å². The number of anilines is 3. The molecule has 0 atom stereocenters. The predicted octanol–water partition coefficient (Wildman–Crippen LogP) is 11.8. The van der Waals surface area contributed by atoms with Crippen LogP contribution in [-0.4, -0.2) is 0 Å². The third-order valence-electron chi connectivity index (χ3n) is 8.44. The first kappa shape index (κ1) is 23.9. The zero-order valence-corrected chi connectivity index (χ0v) is 23.2. The van der Waals surface area contributed by atoms with Gasteiger partial charge < -0.3 is 13.7 Å². The van der Waals surface area contributed by atoms with E-state index in [-0.39, 0.29) is 0 Å². The van der Waals surface area contributed by atoms with Gasteiger partial charge in [0.2, 0.25) is 0 Å². The quantitative estimate of drug-likeness (QED) is 0.218. The molecule has 202 valence electrons. The molecule has 0 saturated heterocycles. The average Bonchev–Trinajstić information content (AvgIpc) is 3.62. The molecule has 0 aliphatic rings. The molecule has 0 aliphatic carbocycles. The molecule has 7 aromatic carbocycles. The normalized spacial score (nSPS) is 11.7. The summed E-state index contributed by atoms with van der Waals surface area (Å²) in [4.78, 5) is 2.30. The Kier molecular flexibility index (Phi) is 5.20. The number of benzene rings is 7. The van der Waals surface area contributed by atoms with E-state index in [0.29, 0.717) is 0 Å². The minimum Gasteiger partial charge on any atom is -0.456 e. The van der Waals surface area contributed by atoms with Gasteiger partial charge in [0.15, 0.2) is 0 Å². The molecule has 0 radical (unpaired) electrons. The molecule has 43 heavy (non-hydrogen) atoms. The van der Waals surface area contributed by atoms with Crippen molar-refractivity contribution in [3.63, 3.8) is 0 Å². The van der Waals surface area contributed by atoms with Crippen molar-refractivity contribution in [1.82, 2.24) is 0 Å². The minimum absolute atomic E-state index is 0.864. The van der Waals surface area contributed by atoms with Crippen LogP contribution in [0.25, 0.3) is 65.8 Å². The number of rotatable bonds is 4. The highest BCUT2D eigenvalue weighted by molar-refractivity contribution is 6.14. The molecule has 0 unspecified atom stereocenters. The van der Waals surface area contributed by atoms with E-state index in [9.17, 15) is 0 Å². The average molecular weight is 552 g/mol. The van der Waals surface area contributed by atoms with Crippen molar-refractivity contribution in [2.24, 2.45) is 0 Å². The van der Waals surface area contributed by atoms with Crippen LogP contribution in [0.15, 0.2) is 160 Å². The van der Waals surface area contributed by atoms with Crippen LogP contribution in [0.1, 0.15) is 0 Å². The highest BCUT2D eigenvalue weighted by Gasteiger charge is 2.21. The molecule has 9 rings (SSSR count). The SMILES string of the molecule is c1ccc(N(c2ccc3c(c2)oc2ccccc23)c2ccccc2-c2cccc3c2oc2cc4ccccc4cc23)cc1. The second kappa shape index (κ2) is 9.37. The standard InChI is InChI=1S/C40H25NO2/c1-2-13-28(14-3-1)41(29-21-22-32-31-16-7-9-20-37(31)42-39(32)25-29)36-19-8-6-15-30(36)33-17-10-18-34-35-23-26-11-4-5-12-27(26)24-38(35)43-40(33)34/h1-25H. The fourth-order valence-corrected chi connectivity index (χ4v) is 6.45. The predicted molar refractivity (Wildman–Crippen MR) is 179 cm³/mol. The number of fused-ring (bicyclic) bond motifs is 7. The lowest BCUT2D eigenvalue weighted by Gasteiger charge is -2.27. The molecule has 3 nitrogen and oxygen atoms in total. The van der Waals surface area contributed by atoms with Crippen molar-refractivity contribution < 1.29 is 8.83 Å². The van der Waals surface area contributed by atoms with Crippen LogP contribution < -0.4 is 4.90 Å². The second-order valence-corrected chi connectivity index (χ2v) is 10.9. The third kappa shape index (κ3) is 3.75. The van der Waals surface area contributed by atoms with Crippen molar-refractivity contribution in [3.05, 3.63) is 152 Å². The molecule has 0 N–H and O–H groups in total. The van der Waals surface area contributed by atoms with Crippen LogP contribution in [-0.2, 0) is 0 Å². The fourth-order valence-electron chi connectivity index (χ4n) is 6.45. The minimum atomic E-state index is 0.864. The summed E-state index contributed by atoms with van der Waals surface area (Å²) in [5, 5.41) is 6.86. The topological polar surface area (TPSA) is 29.5 Å². The van der Waals surface area contributed by atoms with Crippen LogP contribution >= 0.6 is 0 Å². The van der Waals surface area contributed by atoms with Gasteiger partial charge in [-0.15, -0.1) is 0 Å². The fraction of sp³-hybridized carbons (Fsp3) is 0. The highest BCUT2D eigenvalue weighted by Crippen LogP contribution is 2.45. The third-order valence-corrected chi connectivity index (χ3v) is 8.44. The molecule has 9 aromatic rings. The van der Waals surface area contributed by atoms with Gasteiger partial charge in [-0.3, -0.25) is 0 Å². The zero-order valence-electron chi connectivity index (χ0n) is 23.2. The van der Waals surface area contributed by atoms with Gasteiger partial charge in [0, 0.05) is 50.1 Å². The Bertz CT molecular complexity index is 2470. The molecular weight excluding hydrogens is 526 g/mol. The van der Waals surface area contributed by atoms with Gasteiger partial charge in [-0.25, -0.2) is 0 Å². The number of furan rings is 2. The van der Waals surface area contributed by atoms with Crippen molar-refractivity contribution in [3.8, 4) is 11.1 Å². The summed E-state index contributed by atoms with van der Waals surface area (Å²) in [5.74, 6) is 0. The number of nitrogens with zero attached hydrogens (tertiary/aromatic N) is 1. The second-order valence-electron chi connectivity index (χ2n) is 10.9. The van der Waals surface area contributed by atoms with E-state index in [1.54, 1.807) is 0 Å². The molecule has 0 saturated carbocycles. The molecular formula is C40H25NO2. The first-order valence-electron chi connectivity index (χ1n) is 14.5. The Labute approximate surface area is 247 Å². The number of para-hydroxylation sites is 4. The van der Waals surface area contributed by atoms with E-state index < -0.39 is 0 Å². The zero-order chi connectivity index (χ0) is 28.3. The molecule has 0 fully saturated rings. The van der Waals surface area contributed by atoms with Crippen LogP contribution in [0, 0.1) is 0 Å². The maximum Gasteiger partial charge on any atom is 0.143 e. The van der Waals surface area contributed by atoms with Gasteiger partial charge in [0.05, 0.1) is 5.69 Å². The van der Waals surface area contributed by atoms with Crippen molar-refractivity contribution in [2.45, 2.75) is 0 Å². The molecule has 3 heteroatoms. The molecule has 2 aromatic heterocycles. The van der Waals surface area contributed by atoms with Crippen molar-refractivity contribution >= 4 is 71.7 Å². The highest BCUT2D eigenvalue weighted by atomic mass is 16.3. The van der Waals surface area contributed by atoms with E-state index in [0.717, 1.165) is 72.1 Å². The van der Waals surface area contributed by atoms with Gasteiger partial charge in [0.1, 0.15) is 22.3 Å². The largest absolute Gasteiger partial charge is 0.456 e. The summed E-state index contributed by atoms with van der Waals surface area (Å²) in [6, 6.07) is 53.0. The first-order valence-corrected chi connectivity index (χ1v) is 14.5. The van der Waals surface area contributed by atoms with Gasteiger partial charge in [-0.05, 0) is 59.3 Å². The van der Waals surface area contributed by atoms with Gasteiger partial charge in [-0.2, -0.15) is 0 Å². The Balaban J connectivity index is 1.28. The maximum atomic E-state index is 6.65. The Morgan fingerprint density at radius 3 is 1.95 bits per heavy atom. The molecule has 0 spiro atoms. The van der Waals surface area contributed by atoms with Crippen LogP contribution in [0.5, 0.6) is 0 Å². The monoisotopic (exact) mass is 551 g/mol. The van der Waals surface area contributed by atoms with Crippen LogP contribution in [0.2, 0.25) is 0 Å². The lowest BCUT2D eigenvalue weighted by Crippen LogP contribution is -2.11. The van der Waals surface area contributed by atoms with E-state index >= 15 is 0 Å². The Morgan fingerprint density at radius 1 is 0.372 bits per heavy atom. The molecule has 0 amide bonds. The van der Waals surface area contributed by atoms with Gasteiger partial charge in [-0.1, -0.05) is 97.1 Å². The number of hydrogen-bond acceptors (Lipinski definition) is 3. The lowest BCUT2D eigenvalue weighted by molar-refractivity contribution is 0.669. The van der Waals surface area contributed by atoms with Gasteiger partial charge in [0.25, 0.3) is 0 Å². The maximum absolute atomic E-state index is 6.65. The summed E-state index contributed by atoms with van der Waals surface area (Å²) >= 11 is 0. The summed E-state index contributed by atoms with van der Waals surface area (Å²) in [5.41, 5.74) is 8.83. The molecule has 0 bridgehead atoms. The van der Waals surface area contributed by atoms with Crippen LogP contribution in [0.3, 0.4) is 0 Å². The summed E-state index contributed by atoms with van der Waals surface area (Å²) in [6.45, 7) is 0. The van der Waals surface area contributed by atoms with Crippen molar-refractivity contribution in [1.29, 1.82) is 0 Å². The van der Waals surface area contributed by atoms with E-state index in [1.807, 2.05) is 12.1 Å². The molecule has 2 heterocycles. The number of hydrogen-bond donors (Lipinski definition) is 0. The summed E-state index contributed by atoms with van der Waals surface area (Å²) in [7, 11) is 0. The summed E-state index contributed by atoms with van der Waals surface area (Å²) < 4.78 is 13.0. The Hall–Kier alpha value is -5.80. The lowest BCUT2D eigenvalue weighted by atomic mass is 9.98. The van der Waals surface area contributed by atoms with E-state index in [1.165, 1.54) is 10.8 Å². The van der Waals surface area contributed by atoms with Crippen LogP contribution in [0.4, 0.5) is 17.1 Å². The summed E-state index contributed by atoms with van der Waals surface area (Å²) in [6.07, 6.45) is 0. The Morgan fingerprint density at radius 2 is 1.05 bits per heavy atom. The molecule has 0 aliphatic heterocycles. The van der Waals surface area contributed by atoms with Crippen molar-refractivity contribution in [2.75, 3.05) is 4.90 Å². The first-order chi connectivity index (χ1) is 21.3. The van der Waals surface area contributed by atoms with E-state index in [2.05, 4.69) is 144 Å².